The maximum absolute atomic E-state index is 13.3. The van der Waals surface area contributed by atoms with Crippen molar-refractivity contribution in [3.8, 4) is 5.75 Å². The number of alkyl halides is 3. The minimum atomic E-state index is -4.49. The Morgan fingerprint density at radius 2 is 1.88 bits per heavy atom. The molecule has 1 heterocycles. The number of hydrogen-bond donors (Lipinski definition) is 1. The van der Waals surface area contributed by atoms with E-state index in [4.69, 9.17) is 0 Å². The molecule has 0 saturated heterocycles. The van der Waals surface area contributed by atoms with Crippen LogP contribution in [0.5, 0.6) is 5.75 Å². The molecule has 3 aromatic rings. The van der Waals surface area contributed by atoms with Crippen molar-refractivity contribution in [1.82, 2.24) is 0 Å². The summed E-state index contributed by atoms with van der Waals surface area (Å²) in [5.74, 6) is -0.247. The summed E-state index contributed by atoms with van der Waals surface area (Å²) in [4.78, 5) is 13.6. The molecule has 0 fully saturated rings. The van der Waals surface area contributed by atoms with Crippen LogP contribution in [-0.2, 0) is 17.5 Å². The van der Waals surface area contributed by atoms with Gasteiger partial charge in [0.25, 0.3) is 0 Å². The maximum atomic E-state index is 13.3. The van der Waals surface area contributed by atoms with E-state index in [-0.39, 0.29) is 23.8 Å². The molecule has 2 aromatic carbocycles. The molecule has 0 saturated carbocycles. The molecule has 0 aliphatic heterocycles. The van der Waals surface area contributed by atoms with Gasteiger partial charge in [0, 0.05) is 11.6 Å². The molecule has 3 nitrogen and oxygen atoms in total. The summed E-state index contributed by atoms with van der Waals surface area (Å²) in [6.07, 6.45) is -4.49. The smallest absolute Gasteiger partial charge is 0.416 e. The van der Waals surface area contributed by atoms with Gasteiger partial charge in [0.2, 0.25) is 5.91 Å². The summed E-state index contributed by atoms with van der Waals surface area (Å²) in [6.45, 7) is 2.97. The molecule has 26 heavy (non-hydrogen) atoms. The van der Waals surface area contributed by atoms with Gasteiger partial charge in [0.1, 0.15) is 10.8 Å². The molecule has 7 heteroatoms. The fourth-order valence-electron chi connectivity index (χ4n) is 2.89. The van der Waals surface area contributed by atoms with Crippen molar-refractivity contribution in [2.45, 2.75) is 26.6 Å². The summed E-state index contributed by atoms with van der Waals surface area (Å²) in [7, 11) is 0. The number of benzene rings is 2. The normalized spacial score (nSPS) is 11.7. The molecule has 136 valence electrons. The van der Waals surface area contributed by atoms with Crippen LogP contribution in [0.3, 0.4) is 0 Å². The van der Waals surface area contributed by atoms with Crippen LogP contribution in [0.2, 0.25) is 0 Å². The second kappa shape index (κ2) is 6.64. The van der Waals surface area contributed by atoms with E-state index >= 15 is 0 Å². The van der Waals surface area contributed by atoms with Crippen LogP contribution in [0.4, 0.5) is 18.2 Å². The largest absolute Gasteiger partial charge is 0.508 e. The Morgan fingerprint density at radius 1 is 1.19 bits per heavy atom. The number of rotatable bonds is 3. The lowest BCUT2D eigenvalue weighted by atomic mass is 10.1. The van der Waals surface area contributed by atoms with Crippen LogP contribution in [0, 0.1) is 6.92 Å². The number of phenolic OH excluding ortho intramolecular Hbond substituents is 1. The molecule has 0 radical (unpaired) electrons. The Bertz CT molecular complexity index is 979. The standard InChI is InChI=1S/C19H16F3NO2S/c1-11-15-8-7-14(25)9-17(15)26-18(11)23(12(2)24)10-13-5-3-4-6-16(13)19(20,21)22/h3-9,25H,10H2,1-2H3. The predicted molar refractivity (Wildman–Crippen MR) is 96.5 cm³/mol. The van der Waals surface area contributed by atoms with E-state index in [2.05, 4.69) is 0 Å². The van der Waals surface area contributed by atoms with E-state index in [1.807, 2.05) is 6.92 Å². The number of anilines is 1. The van der Waals surface area contributed by atoms with Gasteiger partial charge in [-0.15, -0.1) is 11.3 Å². The number of nitrogens with zero attached hydrogens (tertiary/aromatic N) is 1. The zero-order valence-electron chi connectivity index (χ0n) is 14.1. The molecule has 0 unspecified atom stereocenters. The van der Waals surface area contributed by atoms with Gasteiger partial charge in [0.15, 0.2) is 0 Å². The lowest BCUT2D eigenvalue weighted by Crippen LogP contribution is -2.28. The Morgan fingerprint density at radius 3 is 2.54 bits per heavy atom. The first-order chi connectivity index (χ1) is 12.2. The average molecular weight is 379 g/mol. The van der Waals surface area contributed by atoms with Gasteiger partial charge in [-0.3, -0.25) is 9.69 Å². The number of fused-ring (bicyclic) bond motifs is 1. The quantitative estimate of drug-likeness (QED) is 0.654. The first-order valence-corrected chi connectivity index (χ1v) is 8.65. The fraction of sp³-hybridized carbons (Fsp3) is 0.211. The highest BCUT2D eigenvalue weighted by Crippen LogP contribution is 2.40. The van der Waals surface area contributed by atoms with Crippen molar-refractivity contribution < 1.29 is 23.1 Å². The third kappa shape index (κ3) is 3.39. The van der Waals surface area contributed by atoms with Gasteiger partial charge in [-0.2, -0.15) is 13.2 Å². The molecule has 0 bridgehead atoms. The van der Waals surface area contributed by atoms with Crippen LogP contribution in [-0.4, -0.2) is 11.0 Å². The molecular formula is C19H16F3NO2S. The third-order valence-corrected chi connectivity index (χ3v) is 5.45. The first-order valence-electron chi connectivity index (χ1n) is 7.84. The van der Waals surface area contributed by atoms with E-state index in [1.165, 1.54) is 41.4 Å². The summed E-state index contributed by atoms with van der Waals surface area (Å²) < 4.78 is 40.6. The van der Waals surface area contributed by atoms with E-state index < -0.39 is 11.7 Å². The lowest BCUT2D eigenvalue weighted by Gasteiger charge is -2.22. The highest BCUT2D eigenvalue weighted by Gasteiger charge is 2.34. The number of aromatic hydroxyl groups is 1. The van der Waals surface area contributed by atoms with Crippen molar-refractivity contribution in [3.63, 3.8) is 0 Å². The zero-order chi connectivity index (χ0) is 19.1. The summed E-state index contributed by atoms with van der Waals surface area (Å²) in [5, 5.41) is 11.1. The number of aryl methyl sites for hydroxylation is 1. The molecule has 0 spiro atoms. The van der Waals surface area contributed by atoms with E-state index in [9.17, 15) is 23.1 Å². The molecule has 0 atom stereocenters. The topological polar surface area (TPSA) is 40.5 Å². The highest BCUT2D eigenvalue weighted by atomic mass is 32.1. The minimum absolute atomic E-state index is 0.0369. The van der Waals surface area contributed by atoms with Gasteiger partial charge >= 0.3 is 6.18 Å². The van der Waals surface area contributed by atoms with Crippen LogP contribution < -0.4 is 4.90 Å². The highest BCUT2D eigenvalue weighted by molar-refractivity contribution is 7.23. The van der Waals surface area contributed by atoms with E-state index in [0.717, 1.165) is 21.7 Å². The molecule has 0 aliphatic carbocycles. The maximum Gasteiger partial charge on any atom is 0.416 e. The van der Waals surface area contributed by atoms with Crippen LogP contribution in [0.1, 0.15) is 23.6 Å². The number of thiophene rings is 1. The first kappa shape index (κ1) is 18.3. The van der Waals surface area contributed by atoms with Gasteiger partial charge in [0.05, 0.1) is 12.1 Å². The molecule has 0 aliphatic rings. The van der Waals surface area contributed by atoms with E-state index in [0.29, 0.717) is 5.00 Å². The lowest BCUT2D eigenvalue weighted by molar-refractivity contribution is -0.138. The molecule has 1 N–H and O–H groups in total. The third-order valence-electron chi connectivity index (χ3n) is 4.17. The predicted octanol–water partition coefficient (Wildman–Crippen LogP) is 5.49. The minimum Gasteiger partial charge on any atom is -0.508 e. The summed E-state index contributed by atoms with van der Waals surface area (Å²) in [5.41, 5.74) is 0.0854. The number of carbonyl (C=O) groups excluding carboxylic acids is 1. The van der Waals surface area contributed by atoms with E-state index in [1.54, 1.807) is 18.2 Å². The van der Waals surface area contributed by atoms with Crippen LogP contribution in [0.15, 0.2) is 42.5 Å². The Hall–Kier alpha value is -2.54. The Labute approximate surface area is 152 Å². The van der Waals surface area contributed by atoms with Crippen LogP contribution >= 0.6 is 11.3 Å². The number of carbonyl (C=O) groups is 1. The Balaban J connectivity index is 2.08. The second-order valence-corrected chi connectivity index (χ2v) is 7.00. The number of halogens is 3. The average Bonchev–Trinajstić information content (AvgIpc) is 2.87. The van der Waals surface area contributed by atoms with Gasteiger partial charge in [-0.25, -0.2) is 0 Å². The molecular weight excluding hydrogens is 363 g/mol. The summed E-state index contributed by atoms with van der Waals surface area (Å²) in [6, 6.07) is 10.1. The van der Waals surface area contributed by atoms with Gasteiger partial charge in [-0.1, -0.05) is 18.2 Å². The van der Waals surface area contributed by atoms with Crippen molar-refractivity contribution in [2.24, 2.45) is 0 Å². The SMILES string of the molecule is CC(=O)N(Cc1ccccc1C(F)(F)F)c1sc2cc(O)ccc2c1C. The molecule has 1 aromatic heterocycles. The van der Waals surface area contributed by atoms with Gasteiger partial charge < -0.3 is 5.11 Å². The fourth-order valence-corrected chi connectivity index (χ4v) is 4.18. The van der Waals surface area contributed by atoms with Crippen LogP contribution in [0.25, 0.3) is 10.1 Å². The van der Waals surface area contributed by atoms with Crippen molar-refractivity contribution in [1.29, 1.82) is 0 Å². The number of hydrogen-bond acceptors (Lipinski definition) is 3. The molecule has 3 rings (SSSR count). The number of phenols is 1. The van der Waals surface area contributed by atoms with Crippen molar-refractivity contribution in [2.75, 3.05) is 4.90 Å². The summed E-state index contributed by atoms with van der Waals surface area (Å²) >= 11 is 1.27. The second-order valence-electron chi connectivity index (χ2n) is 5.97. The zero-order valence-corrected chi connectivity index (χ0v) is 14.9. The monoisotopic (exact) mass is 379 g/mol. The van der Waals surface area contributed by atoms with Crippen molar-refractivity contribution >= 4 is 32.3 Å². The van der Waals surface area contributed by atoms with Gasteiger partial charge in [-0.05, 0) is 47.7 Å². The van der Waals surface area contributed by atoms with Crippen molar-refractivity contribution in [3.05, 3.63) is 59.2 Å². The Kier molecular flexibility index (Phi) is 4.66. The molecule has 1 amide bonds. The number of amides is 1.